The Morgan fingerprint density at radius 1 is 1.50 bits per heavy atom. The summed E-state index contributed by atoms with van der Waals surface area (Å²) in [7, 11) is 0. The third kappa shape index (κ3) is 1.98. The first-order valence-electron chi connectivity index (χ1n) is 4.76. The largest absolute Gasteiger partial charge is 0.475 e. The lowest BCUT2D eigenvalue weighted by Gasteiger charge is -1.98. The molecule has 7 heteroatoms. The van der Waals surface area contributed by atoms with Crippen molar-refractivity contribution in [3.63, 3.8) is 0 Å². The van der Waals surface area contributed by atoms with Crippen LogP contribution in [0, 0.1) is 0 Å². The summed E-state index contributed by atoms with van der Waals surface area (Å²) in [5.41, 5.74) is 0.878. The van der Waals surface area contributed by atoms with Crippen molar-refractivity contribution in [3.05, 3.63) is 23.8 Å². The number of nitrogens with zero attached hydrogens (tertiary/aromatic N) is 4. The predicted octanol–water partition coefficient (Wildman–Crippen LogP) is -0.253. The highest BCUT2D eigenvalue weighted by Gasteiger charge is 2.11. The van der Waals surface area contributed by atoms with Crippen LogP contribution in [-0.4, -0.2) is 42.4 Å². The number of aliphatic hydroxyl groups excluding tert-OH is 1. The fourth-order valence-corrected chi connectivity index (χ4v) is 1.32. The lowest BCUT2D eigenvalue weighted by atomic mass is 10.2. The maximum atomic E-state index is 10.6. The van der Waals surface area contributed by atoms with Crippen LogP contribution < -0.4 is 0 Å². The summed E-state index contributed by atoms with van der Waals surface area (Å²) in [6.45, 7) is 0.107. The third-order valence-electron chi connectivity index (χ3n) is 2.06. The van der Waals surface area contributed by atoms with E-state index in [9.17, 15) is 4.79 Å². The predicted molar refractivity (Wildman–Crippen MR) is 53.1 cm³/mol. The van der Waals surface area contributed by atoms with Crippen LogP contribution in [-0.2, 0) is 6.42 Å². The highest BCUT2D eigenvalue weighted by atomic mass is 16.4. The van der Waals surface area contributed by atoms with Crippen molar-refractivity contribution >= 4 is 11.7 Å². The van der Waals surface area contributed by atoms with E-state index < -0.39 is 5.97 Å². The number of carbonyl (C=O) groups is 1. The molecule has 0 bridgehead atoms. The van der Waals surface area contributed by atoms with Gasteiger partial charge in [-0.15, -0.1) is 5.10 Å². The molecule has 16 heavy (non-hydrogen) atoms. The summed E-state index contributed by atoms with van der Waals surface area (Å²) in [6, 6.07) is 0. The quantitative estimate of drug-likeness (QED) is 0.739. The number of fused-ring (bicyclic) bond motifs is 1. The first-order valence-corrected chi connectivity index (χ1v) is 4.76. The summed E-state index contributed by atoms with van der Waals surface area (Å²) in [5.74, 6) is -1.20. The monoisotopic (exact) mass is 222 g/mol. The van der Waals surface area contributed by atoms with Gasteiger partial charge in [-0.1, -0.05) is 0 Å². The van der Waals surface area contributed by atoms with Gasteiger partial charge >= 0.3 is 5.97 Å². The standard InChI is InChI=1S/C9H10N4O3/c14-3-1-2-6-4-10-9-11-7(8(15)16)12-13(9)5-6/h4-5,14H,1-3H2,(H,15,16). The Morgan fingerprint density at radius 3 is 3.00 bits per heavy atom. The van der Waals surface area contributed by atoms with Gasteiger partial charge in [-0.2, -0.15) is 4.98 Å². The van der Waals surface area contributed by atoms with E-state index in [1.807, 2.05) is 0 Å². The second-order valence-electron chi connectivity index (χ2n) is 3.27. The molecular weight excluding hydrogens is 212 g/mol. The van der Waals surface area contributed by atoms with Gasteiger partial charge in [0.1, 0.15) is 0 Å². The SMILES string of the molecule is O=C(O)c1nc2ncc(CCCO)cn2n1. The van der Waals surface area contributed by atoms with Crippen molar-refractivity contribution in [3.8, 4) is 0 Å². The number of rotatable bonds is 4. The van der Waals surface area contributed by atoms with E-state index in [-0.39, 0.29) is 18.2 Å². The topological polar surface area (TPSA) is 101 Å². The molecule has 2 aromatic heterocycles. The summed E-state index contributed by atoms with van der Waals surface area (Å²) < 4.78 is 1.33. The van der Waals surface area contributed by atoms with Crippen molar-refractivity contribution in [2.45, 2.75) is 12.8 Å². The van der Waals surface area contributed by atoms with E-state index in [4.69, 9.17) is 10.2 Å². The molecule has 0 saturated heterocycles. The van der Waals surface area contributed by atoms with Gasteiger partial charge in [-0.3, -0.25) is 0 Å². The molecule has 2 rings (SSSR count). The molecular formula is C9H10N4O3. The van der Waals surface area contributed by atoms with Gasteiger partial charge in [-0.05, 0) is 18.4 Å². The normalized spacial score (nSPS) is 10.8. The van der Waals surface area contributed by atoms with Gasteiger partial charge in [-0.25, -0.2) is 14.3 Å². The van der Waals surface area contributed by atoms with E-state index in [0.29, 0.717) is 12.8 Å². The van der Waals surface area contributed by atoms with Crippen molar-refractivity contribution in [1.29, 1.82) is 0 Å². The smallest absolute Gasteiger partial charge is 0.375 e. The summed E-state index contributed by atoms with van der Waals surface area (Å²) in [4.78, 5) is 18.3. The van der Waals surface area contributed by atoms with E-state index >= 15 is 0 Å². The Labute approximate surface area is 90.4 Å². The molecule has 0 aliphatic heterocycles. The molecule has 2 aromatic rings. The van der Waals surface area contributed by atoms with Gasteiger partial charge in [0.15, 0.2) is 0 Å². The number of aryl methyl sites for hydroxylation is 1. The molecule has 0 atom stereocenters. The molecule has 0 spiro atoms. The number of hydrogen-bond acceptors (Lipinski definition) is 5. The van der Waals surface area contributed by atoms with Gasteiger partial charge in [0, 0.05) is 19.0 Å². The summed E-state index contributed by atoms with van der Waals surface area (Å²) in [6.07, 6.45) is 4.57. The first kappa shape index (κ1) is 10.5. The van der Waals surface area contributed by atoms with Crippen LogP contribution in [0.3, 0.4) is 0 Å². The fraction of sp³-hybridized carbons (Fsp3) is 0.333. The van der Waals surface area contributed by atoms with Crippen LogP contribution in [0.25, 0.3) is 5.78 Å². The molecule has 2 heterocycles. The Bertz CT molecular complexity index is 522. The van der Waals surface area contributed by atoms with Gasteiger partial charge in [0.25, 0.3) is 11.6 Å². The molecule has 0 unspecified atom stereocenters. The van der Waals surface area contributed by atoms with Crippen LogP contribution >= 0.6 is 0 Å². The molecule has 0 saturated carbocycles. The van der Waals surface area contributed by atoms with E-state index in [2.05, 4.69) is 15.1 Å². The van der Waals surface area contributed by atoms with Crippen molar-refractivity contribution in [2.24, 2.45) is 0 Å². The van der Waals surface area contributed by atoms with Crippen molar-refractivity contribution < 1.29 is 15.0 Å². The number of aliphatic hydroxyl groups is 1. The highest BCUT2D eigenvalue weighted by Crippen LogP contribution is 2.04. The third-order valence-corrected chi connectivity index (χ3v) is 2.06. The molecule has 0 fully saturated rings. The molecule has 7 nitrogen and oxygen atoms in total. The molecule has 0 amide bonds. The molecule has 0 aliphatic rings. The first-order chi connectivity index (χ1) is 7.70. The van der Waals surface area contributed by atoms with Crippen LogP contribution in [0.2, 0.25) is 0 Å². The van der Waals surface area contributed by atoms with Gasteiger partial charge < -0.3 is 10.2 Å². The Balaban J connectivity index is 2.34. The molecule has 0 aromatic carbocycles. The maximum absolute atomic E-state index is 10.6. The Morgan fingerprint density at radius 2 is 2.31 bits per heavy atom. The molecule has 0 aliphatic carbocycles. The second-order valence-corrected chi connectivity index (χ2v) is 3.27. The van der Waals surface area contributed by atoms with Crippen LogP contribution in [0.1, 0.15) is 22.6 Å². The zero-order valence-corrected chi connectivity index (χ0v) is 8.37. The lowest BCUT2D eigenvalue weighted by Crippen LogP contribution is -1.99. The zero-order valence-electron chi connectivity index (χ0n) is 8.37. The minimum Gasteiger partial charge on any atom is -0.475 e. The Hall–Kier alpha value is -2.02. The van der Waals surface area contributed by atoms with E-state index in [1.165, 1.54) is 4.52 Å². The molecule has 0 radical (unpaired) electrons. The summed E-state index contributed by atoms with van der Waals surface area (Å²) >= 11 is 0. The minimum atomic E-state index is -1.18. The molecule has 84 valence electrons. The van der Waals surface area contributed by atoms with Crippen LogP contribution in [0.5, 0.6) is 0 Å². The fourth-order valence-electron chi connectivity index (χ4n) is 1.32. The van der Waals surface area contributed by atoms with Crippen LogP contribution in [0.4, 0.5) is 0 Å². The number of carboxylic acid groups (broad SMARTS) is 1. The number of aromatic carboxylic acids is 1. The van der Waals surface area contributed by atoms with E-state index in [0.717, 1.165) is 5.56 Å². The second kappa shape index (κ2) is 4.23. The number of carboxylic acids is 1. The van der Waals surface area contributed by atoms with Gasteiger partial charge in [0.2, 0.25) is 0 Å². The van der Waals surface area contributed by atoms with Gasteiger partial charge in [0.05, 0.1) is 0 Å². The summed E-state index contributed by atoms with van der Waals surface area (Å²) in [5, 5.41) is 21.1. The lowest BCUT2D eigenvalue weighted by molar-refractivity contribution is 0.0684. The van der Waals surface area contributed by atoms with Crippen molar-refractivity contribution in [2.75, 3.05) is 6.61 Å². The van der Waals surface area contributed by atoms with E-state index in [1.54, 1.807) is 12.4 Å². The molecule has 2 N–H and O–H groups in total. The zero-order chi connectivity index (χ0) is 11.5. The number of aromatic nitrogens is 4. The minimum absolute atomic E-state index is 0.107. The number of hydrogen-bond donors (Lipinski definition) is 2. The van der Waals surface area contributed by atoms with Crippen LogP contribution in [0.15, 0.2) is 12.4 Å². The van der Waals surface area contributed by atoms with Crippen molar-refractivity contribution in [1.82, 2.24) is 19.6 Å². The highest BCUT2D eigenvalue weighted by molar-refractivity contribution is 5.83. The average molecular weight is 222 g/mol. The maximum Gasteiger partial charge on any atom is 0.375 e. The average Bonchev–Trinajstić information content (AvgIpc) is 2.69. The Kier molecular flexibility index (Phi) is 2.78.